The summed E-state index contributed by atoms with van der Waals surface area (Å²) in [4.78, 5) is 30.9. The molecule has 0 fully saturated rings. The van der Waals surface area contributed by atoms with Crippen molar-refractivity contribution in [3.8, 4) is 0 Å². The van der Waals surface area contributed by atoms with Gasteiger partial charge in [-0.25, -0.2) is 4.68 Å². The third-order valence-electron chi connectivity index (χ3n) is 4.10. The molecule has 1 atom stereocenters. The second kappa shape index (κ2) is 6.82. The average Bonchev–Trinajstić information content (AvgIpc) is 2.97. The Hall–Kier alpha value is -2.70. The molecule has 3 heterocycles. The fourth-order valence-electron chi connectivity index (χ4n) is 2.96. The standard InChI is InChI=1S/C17H21N5O2/c1-3-14(17(24)19-11-13-6-4-5-8-18-13)22-15-10-12(2)20-21(15)9-7-16(22)23/h4-6,8,10,14H,3,7,9,11H2,1-2H3,(H,19,24). The SMILES string of the molecule is CCC(C(=O)NCc1ccccn1)N1C(=O)CCn2nc(C)cc21. The summed E-state index contributed by atoms with van der Waals surface area (Å²) in [6, 6.07) is 6.87. The summed E-state index contributed by atoms with van der Waals surface area (Å²) in [6.07, 6.45) is 2.58. The largest absolute Gasteiger partial charge is 0.349 e. The third-order valence-corrected chi connectivity index (χ3v) is 4.10. The highest BCUT2D eigenvalue weighted by atomic mass is 16.2. The highest BCUT2D eigenvalue weighted by molar-refractivity contribution is 6.00. The number of aromatic nitrogens is 3. The van der Waals surface area contributed by atoms with Crippen molar-refractivity contribution in [2.45, 2.75) is 45.8 Å². The molecular weight excluding hydrogens is 306 g/mol. The van der Waals surface area contributed by atoms with E-state index in [0.717, 1.165) is 11.4 Å². The maximum absolute atomic E-state index is 12.6. The molecule has 24 heavy (non-hydrogen) atoms. The van der Waals surface area contributed by atoms with Crippen LogP contribution in [-0.2, 0) is 22.7 Å². The molecule has 2 amide bonds. The number of nitrogens with zero attached hydrogens (tertiary/aromatic N) is 4. The Kier molecular flexibility index (Phi) is 4.59. The van der Waals surface area contributed by atoms with Crippen molar-refractivity contribution >= 4 is 17.6 Å². The molecule has 1 aliphatic rings. The number of amides is 2. The van der Waals surface area contributed by atoms with E-state index < -0.39 is 6.04 Å². The van der Waals surface area contributed by atoms with Crippen LogP contribution in [0.2, 0.25) is 0 Å². The molecule has 126 valence electrons. The van der Waals surface area contributed by atoms with E-state index in [1.165, 1.54) is 0 Å². The Morgan fingerprint density at radius 2 is 2.25 bits per heavy atom. The third kappa shape index (κ3) is 3.15. The van der Waals surface area contributed by atoms with Crippen molar-refractivity contribution < 1.29 is 9.59 Å². The van der Waals surface area contributed by atoms with Crippen molar-refractivity contribution in [2.24, 2.45) is 0 Å². The lowest BCUT2D eigenvalue weighted by molar-refractivity contribution is -0.127. The van der Waals surface area contributed by atoms with Crippen LogP contribution in [-0.4, -0.2) is 32.6 Å². The van der Waals surface area contributed by atoms with E-state index in [9.17, 15) is 9.59 Å². The zero-order chi connectivity index (χ0) is 17.1. The zero-order valence-corrected chi connectivity index (χ0v) is 13.9. The van der Waals surface area contributed by atoms with Gasteiger partial charge in [0.05, 0.1) is 24.5 Å². The number of carbonyl (C=O) groups is 2. The first-order valence-corrected chi connectivity index (χ1v) is 8.14. The van der Waals surface area contributed by atoms with E-state index >= 15 is 0 Å². The molecule has 7 heteroatoms. The van der Waals surface area contributed by atoms with Crippen LogP contribution in [0.25, 0.3) is 0 Å². The molecule has 3 rings (SSSR count). The van der Waals surface area contributed by atoms with Gasteiger partial charge in [0, 0.05) is 18.7 Å². The highest BCUT2D eigenvalue weighted by Gasteiger charge is 2.34. The summed E-state index contributed by atoms with van der Waals surface area (Å²) >= 11 is 0. The molecular formula is C17H21N5O2. The number of rotatable bonds is 5. The number of carbonyl (C=O) groups excluding carboxylic acids is 2. The predicted octanol–water partition coefficient (Wildman–Crippen LogP) is 1.42. The average molecular weight is 327 g/mol. The van der Waals surface area contributed by atoms with E-state index in [1.807, 2.05) is 38.1 Å². The lowest BCUT2D eigenvalue weighted by atomic mass is 10.1. The van der Waals surface area contributed by atoms with Crippen LogP contribution in [0.5, 0.6) is 0 Å². The molecule has 0 bridgehead atoms. The minimum atomic E-state index is -0.545. The van der Waals surface area contributed by atoms with E-state index in [1.54, 1.807) is 15.8 Å². The first-order valence-electron chi connectivity index (χ1n) is 8.14. The topological polar surface area (TPSA) is 80.1 Å². The number of pyridine rings is 1. The fourth-order valence-corrected chi connectivity index (χ4v) is 2.96. The van der Waals surface area contributed by atoms with E-state index in [2.05, 4.69) is 15.4 Å². The van der Waals surface area contributed by atoms with Crippen LogP contribution in [0.3, 0.4) is 0 Å². The number of nitrogens with one attached hydrogen (secondary N) is 1. The number of hydrogen-bond donors (Lipinski definition) is 1. The van der Waals surface area contributed by atoms with Gasteiger partial charge in [0.2, 0.25) is 11.8 Å². The molecule has 0 spiro atoms. The quantitative estimate of drug-likeness (QED) is 0.900. The summed E-state index contributed by atoms with van der Waals surface area (Å²) in [5.74, 6) is 0.481. The maximum atomic E-state index is 12.6. The van der Waals surface area contributed by atoms with Crippen molar-refractivity contribution in [2.75, 3.05) is 4.90 Å². The molecule has 1 aliphatic heterocycles. The molecule has 2 aromatic heterocycles. The van der Waals surface area contributed by atoms with Crippen LogP contribution in [0.1, 0.15) is 31.2 Å². The van der Waals surface area contributed by atoms with Gasteiger partial charge in [0.15, 0.2) is 0 Å². The molecule has 1 N–H and O–H groups in total. The Morgan fingerprint density at radius 3 is 2.96 bits per heavy atom. The second-order valence-corrected chi connectivity index (χ2v) is 5.84. The molecule has 0 saturated heterocycles. The number of aryl methyl sites for hydroxylation is 2. The Labute approximate surface area is 140 Å². The van der Waals surface area contributed by atoms with Crippen LogP contribution in [0.4, 0.5) is 5.82 Å². The van der Waals surface area contributed by atoms with Crippen molar-refractivity contribution in [1.82, 2.24) is 20.1 Å². The van der Waals surface area contributed by atoms with E-state index in [-0.39, 0.29) is 11.8 Å². The minimum Gasteiger partial charge on any atom is -0.349 e. The van der Waals surface area contributed by atoms with Gasteiger partial charge in [-0.2, -0.15) is 5.10 Å². The van der Waals surface area contributed by atoms with E-state index in [0.29, 0.717) is 31.7 Å². The second-order valence-electron chi connectivity index (χ2n) is 5.84. The number of anilines is 1. The normalized spacial score (nSPS) is 15.1. The van der Waals surface area contributed by atoms with Gasteiger partial charge in [0.25, 0.3) is 0 Å². The van der Waals surface area contributed by atoms with Gasteiger partial charge >= 0.3 is 0 Å². The van der Waals surface area contributed by atoms with Crippen LogP contribution >= 0.6 is 0 Å². The number of fused-ring (bicyclic) bond motifs is 1. The molecule has 0 aromatic carbocycles. The van der Waals surface area contributed by atoms with Gasteiger partial charge < -0.3 is 5.32 Å². The van der Waals surface area contributed by atoms with Crippen LogP contribution < -0.4 is 10.2 Å². The Morgan fingerprint density at radius 1 is 1.42 bits per heavy atom. The predicted molar refractivity (Wildman–Crippen MR) is 89.2 cm³/mol. The van der Waals surface area contributed by atoms with Crippen molar-refractivity contribution in [3.05, 3.63) is 41.9 Å². The van der Waals surface area contributed by atoms with Crippen LogP contribution in [0, 0.1) is 6.92 Å². The van der Waals surface area contributed by atoms with Gasteiger partial charge in [0.1, 0.15) is 11.9 Å². The molecule has 1 unspecified atom stereocenters. The minimum absolute atomic E-state index is 0.0396. The summed E-state index contributed by atoms with van der Waals surface area (Å²) in [5.41, 5.74) is 1.63. The van der Waals surface area contributed by atoms with Gasteiger partial charge in [-0.15, -0.1) is 0 Å². The smallest absolute Gasteiger partial charge is 0.243 e. The first kappa shape index (κ1) is 16.2. The number of hydrogen-bond acceptors (Lipinski definition) is 4. The molecule has 0 saturated carbocycles. The maximum Gasteiger partial charge on any atom is 0.243 e. The monoisotopic (exact) mass is 327 g/mol. The van der Waals surface area contributed by atoms with Crippen molar-refractivity contribution in [1.29, 1.82) is 0 Å². The van der Waals surface area contributed by atoms with E-state index in [4.69, 9.17) is 0 Å². The summed E-state index contributed by atoms with van der Waals surface area (Å²) < 4.78 is 1.80. The summed E-state index contributed by atoms with van der Waals surface area (Å²) in [7, 11) is 0. The van der Waals surface area contributed by atoms with Gasteiger partial charge in [-0.1, -0.05) is 13.0 Å². The van der Waals surface area contributed by atoms with Gasteiger partial charge in [-0.05, 0) is 25.5 Å². The Bertz CT molecular complexity index is 741. The van der Waals surface area contributed by atoms with Gasteiger partial charge in [-0.3, -0.25) is 19.5 Å². The molecule has 7 nitrogen and oxygen atoms in total. The molecule has 0 aliphatic carbocycles. The molecule has 2 aromatic rings. The lowest BCUT2D eigenvalue weighted by Gasteiger charge is -2.33. The molecule has 0 radical (unpaired) electrons. The summed E-state index contributed by atoms with van der Waals surface area (Å²) in [5, 5.41) is 7.27. The zero-order valence-electron chi connectivity index (χ0n) is 13.9. The first-order chi connectivity index (χ1) is 11.6. The summed E-state index contributed by atoms with van der Waals surface area (Å²) in [6.45, 7) is 4.69. The van der Waals surface area contributed by atoms with Crippen molar-refractivity contribution in [3.63, 3.8) is 0 Å². The van der Waals surface area contributed by atoms with Crippen LogP contribution in [0.15, 0.2) is 30.5 Å². The lowest BCUT2D eigenvalue weighted by Crippen LogP contribution is -2.52. The fraction of sp³-hybridized carbons (Fsp3) is 0.412. The highest BCUT2D eigenvalue weighted by Crippen LogP contribution is 2.26. The Balaban J connectivity index is 1.77.